The highest BCUT2D eigenvalue weighted by Gasteiger charge is 2.27. The van der Waals surface area contributed by atoms with Crippen molar-refractivity contribution in [3.05, 3.63) is 52.2 Å². The molecule has 2 heterocycles. The van der Waals surface area contributed by atoms with Crippen molar-refractivity contribution in [3.63, 3.8) is 0 Å². The number of aryl methyl sites for hydroxylation is 1. The lowest BCUT2D eigenvalue weighted by atomic mass is 9.96. The molecule has 0 atom stereocenters. The van der Waals surface area contributed by atoms with Crippen molar-refractivity contribution in [1.29, 1.82) is 0 Å². The number of nitrogen functional groups attached to an aromatic ring is 1. The van der Waals surface area contributed by atoms with E-state index in [1.807, 2.05) is 44.2 Å². The monoisotopic (exact) mass is 454 g/mol. The van der Waals surface area contributed by atoms with E-state index >= 15 is 0 Å². The van der Waals surface area contributed by atoms with Crippen LogP contribution in [0.2, 0.25) is 0 Å². The summed E-state index contributed by atoms with van der Waals surface area (Å²) in [5.74, 6) is -0.308. The molecular weight excluding hydrogens is 428 g/mol. The molecule has 0 unspecified atom stereocenters. The predicted octanol–water partition coefficient (Wildman–Crippen LogP) is 4.22. The van der Waals surface area contributed by atoms with Crippen LogP contribution in [0, 0.1) is 19.3 Å². The van der Waals surface area contributed by atoms with Crippen LogP contribution in [0.3, 0.4) is 0 Å². The SMILES string of the molecule is Cc1sc(NC(=O)C(C)(C)C)c(C(=O)OCc2nc(N)nc(Nc3ccccc3)n2)c1C. The molecule has 0 fully saturated rings. The number of nitrogens with two attached hydrogens (primary N) is 1. The fourth-order valence-corrected chi connectivity index (χ4v) is 3.71. The Hall–Kier alpha value is -3.53. The summed E-state index contributed by atoms with van der Waals surface area (Å²) in [4.78, 5) is 38.6. The van der Waals surface area contributed by atoms with E-state index in [2.05, 4.69) is 25.6 Å². The minimum atomic E-state index is -0.600. The lowest BCUT2D eigenvalue weighted by Gasteiger charge is -2.17. The third-order valence-corrected chi connectivity index (χ3v) is 5.68. The van der Waals surface area contributed by atoms with Crippen LogP contribution in [0.5, 0.6) is 0 Å². The Morgan fingerprint density at radius 2 is 1.78 bits per heavy atom. The van der Waals surface area contributed by atoms with Crippen molar-refractivity contribution in [3.8, 4) is 0 Å². The average molecular weight is 455 g/mol. The number of hydrogen-bond acceptors (Lipinski definition) is 9. The Balaban J connectivity index is 1.75. The van der Waals surface area contributed by atoms with Gasteiger partial charge in [0.05, 0.1) is 5.56 Å². The summed E-state index contributed by atoms with van der Waals surface area (Å²) in [6, 6.07) is 9.35. The van der Waals surface area contributed by atoms with Crippen LogP contribution < -0.4 is 16.4 Å². The highest BCUT2D eigenvalue weighted by molar-refractivity contribution is 7.16. The Labute approximate surface area is 190 Å². The molecule has 9 nitrogen and oxygen atoms in total. The zero-order valence-corrected chi connectivity index (χ0v) is 19.5. The summed E-state index contributed by atoms with van der Waals surface area (Å²) in [7, 11) is 0. The molecule has 0 aliphatic heterocycles. The molecule has 0 aliphatic rings. The minimum absolute atomic E-state index is 0.00479. The maximum Gasteiger partial charge on any atom is 0.341 e. The van der Waals surface area contributed by atoms with Crippen LogP contribution in [0.1, 0.15) is 47.4 Å². The molecule has 0 radical (unpaired) electrons. The number of carbonyl (C=O) groups is 2. The number of hydrogen-bond donors (Lipinski definition) is 3. The van der Waals surface area contributed by atoms with Crippen LogP contribution in [0.15, 0.2) is 30.3 Å². The van der Waals surface area contributed by atoms with E-state index < -0.39 is 11.4 Å². The second-order valence-corrected chi connectivity index (χ2v) is 9.42. The van der Waals surface area contributed by atoms with Gasteiger partial charge < -0.3 is 21.1 Å². The van der Waals surface area contributed by atoms with Crippen molar-refractivity contribution in [2.45, 2.75) is 41.2 Å². The van der Waals surface area contributed by atoms with Crippen LogP contribution in [0.4, 0.5) is 22.6 Å². The standard InChI is InChI=1S/C22H26N6O3S/c1-12-13(2)32-17(27-19(30)22(3,4)5)16(12)18(29)31-11-15-25-20(23)28-21(26-15)24-14-9-7-6-8-10-14/h6-10H,11H2,1-5H3,(H,27,30)(H3,23,24,25,26,28). The zero-order valence-electron chi connectivity index (χ0n) is 18.6. The van der Waals surface area contributed by atoms with Gasteiger partial charge in [-0.3, -0.25) is 4.79 Å². The number of nitrogens with one attached hydrogen (secondary N) is 2. The second-order valence-electron chi connectivity index (χ2n) is 8.19. The normalized spacial score (nSPS) is 11.2. The molecule has 0 bridgehead atoms. The first kappa shape index (κ1) is 23.1. The molecule has 3 aromatic rings. The summed E-state index contributed by atoms with van der Waals surface area (Å²) in [5.41, 5.74) is 7.06. The topological polar surface area (TPSA) is 132 Å². The lowest BCUT2D eigenvalue weighted by molar-refractivity contribution is -0.123. The molecule has 3 rings (SSSR count). The van der Waals surface area contributed by atoms with E-state index in [-0.39, 0.29) is 30.2 Å². The number of aromatic nitrogens is 3. The van der Waals surface area contributed by atoms with Crippen LogP contribution in [-0.4, -0.2) is 26.8 Å². The third kappa shape index (κ3) is 5.58. The van der Waals surface area contributed by atoms with Gasteiger partial charge in [-0.1, -0.05) is 39.0 Å². The molecule has 0 aliphatic carbocycles. The number of nitrogens with zero attached hydrogens (tertiary/aromatic N) is 3. The number of carbonyl (C=O) groups excluding carboxylic acids is 2. The van der Waals surface area contributed by atoms with Gasteiger partial charge >= 0.3 is 5.97 Å². The summed E-state index contributed by atoms with van der Waals surface area (Å²) >= 11 is 1.34. The van der Waals surface area contributed by atoms with E-state index in [1.54, 1.807) is 20.8 Å². The fourth-order valence-electron chi connectivity index (χ4n) is 2.66. The van der Waals surface area contributed by atoms with Gasteiger partial charge in [0.2, 0.25) is 17.8 Å². The highest BCUT2D eigenvalue weighted by atomic mass is 32.1. The number of benzene rings is 1. The van der Waals surface area contributed by atoms with Crippen molar-refractivity contribution >= 4 is 45.8 Å². The largest absolute Gasteiger partial charge is 0.454 e. The number of para-hydroxylation sites is 1. The Bertz CT molecular complexity index is 1140. The van der Waals surface area contributed by atoms with Gasteiger partial charge in [-0.15, -0.1) is 11.3 Å². The van der Waals surface area contributed by atoms with Crippen molar-refractivity contribution in [2.24, 2.45) is 5.41 Å². The second kappa shape index (κ2) is 9.31. The molecule has 168 valence electrons. The van der Waals surface area contributed by atoms with E-state index in [9.17, 15) is 9.59 Å². The number of esters is 1. The minimum Gasteiger partial charge on any atom is -0.454 e. The summed E-state index contributed by atoms with van der Waals surface area (Å²) < 4.78 is 5.46. The van der Waals surface area contributed by atoms with Crippen LogP contribution in [-0.2, 0) is 16.1 Å². The molecule has 32 heavy (non-hydrogen) atoms. The summed E-state index contributed by atoms with van der Waals surface area (Å²) in [6.07, 6.45) is 0. The number of anilines is 4. The van der Waals surface area contributed by atoms with E-state index in [0.29, 0.717) is 10.6 Å². The fraction of sp³-hybridized carbons (Fsp3) is 0.318. The van der Waals surface area contributed by atoms with Crippen LogP contribution in [0.25, 0.3) is 0 Å². The van der Waals surface area contributed by atoms with Crippen molar-refractivity contribution in [2.75, 3.05) is 16.4 Å². The average Bonchev–Trinajstić information content (AvgIpc) is 2.99. The molecular formula is C22H26N6O3S. The van der Waals surface area contributed by atoms with E-state index in [1.165, 1.54) is 11.3 Å². The smallest absolute Gasteiger partial charge is 0.341 e. The number of rotatable bonds is 6. The Kier molecular flexibility index (Phi) is 6.73. The van der Waals surface area contributed by atoms with Crippen molar-refractivity contribution < 1.29 is 14.3 Å². The quantitative estimate of drug-likeness (QED) is 0.472. The predicted molar refractivity (Wildman–Crippen MR) is 125 cm³/mol. The molecule has 2 aromatic heterocycles. The zero-order chi connectivity index (χ0) is 23.5. The highest BCUT2D eigenvalue weighted by Crippen LogP contribution is 2.34. The van der Waals surface area contributed by atoms with Gasteiger partial charge in [0.15, 0.2) is 12.4 Å². The first-order valence-corrected chi connectivity index (χ1v) is 10.8. The van der Waals surface area contributed by atoms with Crippen LogP contribution >= 0.6 is 11.3 Å². The van der Waals surface area contributed by atoms with Gasteiger partial charge in [0.25, 0.3) is 0 Å². The Morgan fingerprint density at radius 1 is 1.09 bits per heavy atom. The molecule has 0 saturated heterocycles. The van der Waals surface area contributed by atoms with Gasteiger partial charge in [-0.2, -0.15) is 15.0 Å². The molecule has 0 saturated carbocycles. The van der Waals surface area contributed by atoms with Gasteiger partial charge in [-0.25, -0.2) is 4.79 Å². The van der Waals surface area contributed by atoms with Gasteiger partial charge in [-0.05, 0) is 31.5 Å². The maximum atomic E-state index is 12.9. The number of ether oxygens (including phenoxy) is 1. The molecule has 10 heteroatoms. The summed E-state index contributed by atoms with van der Waals surface area (Å²) in [5, 5.41) is 6.34. The first-order chi connectivity index (χ1) is 15.0. The maximum absolute atomic E-state index is 12.9. The van der Waals surface area contributed by atoms with E-state index in [4.69, 9.17) is 10.5 Å². The Morgan fingerprint density at radius 3 is 2.44 bits per heavy atom. The van der Waals surface area contributed by atoms with Gasteiger partial charge in [0.1, 0.15) is 5.00 Å². The van der Waals surface area contributed by atoms with Gasteiger partial charge in [0, 0.05) is 16.0 Å². The van der Waals surface area contributed by atoms with E-state index in [0.717, 1.165) is 16.1 Å². The molecule has 4 N–H and O–H groups in total. The number of amides is 1. The molecule has 0 spiro atoms. The van der Waals surface area contributed by atoms with Crippen molar-refractivity contribution in [1.82, 2.24) is 15.0 Å². The molecule has 1 aromatic carbocycles. The summed E-state index contributed by atoms with van der Waals surface area (Å²) in [6.45, 7) is 8.92. The number of thiophene rings is 1. The molecule has 1 amide bonds. The first-order valence-electron chi connectivity index (χ1n) is 9.95. The third-order valence-electron chi connectivity index (χ3n) is 4.56. The lowest BCUT2D eigenvalue weighted by Crippen LogP contribution is -2.28.